The first kappa shape index (κ1) is 21.1. The number of nitrogens with one attached hydrogen (secondary N) is 1. The van der Waals surface area contributed by atoms with E-state index in [0.717, 1.165) is 0 Å². The number of aryl methyl sites for hydroxylation is 1. The number of rotatable bonds is 7. The van der Waals surface area contributed by atoms with Crippen molar-refractivity contribution in [3.05, 3.63) is 69.0 Å². The van der Waals surface area contributed by atoms with E-state index in [4.69, 9.17) is 21.1 Å². The molecule has 1 aromatic heterocycles. The number of ether oxygens (including phenoxy) is 2. The van der Waals surface area contributed by atoms with Gasteiger partial charge in [0, 0.05) is 5.02 Å². The molecule has 0 saturated heterocycles. The van der Waals surface area contributed by atoms with Crippen LogP contribution < -0.4 is 14.8 Å². The molecule has 156 valence electrons. The van der Waals surface area contributed by atoms with Crippen LogP contribution in [0.1, 0.15) is 11.4 Å². The summed E-state index contributed by atoms with van der Waals surface area (Å²) in [6.07, 6.45) is 0. The normalized spacial score (nSPS) is 10.5. The van der Waals surface area contributed by atoms with Gasteiger partial charge in [-0.2, -0.15) is 5.10 Å². The van der Waals surface area contributed by atoms with Gasteiger partial charge in [0.1, 0.15) is 29.4 Å². The third-order valence-corrected chi connectivity index (χ3v) is 4.56. The lowest BCUT2D eigenvalue weighted by molar-refractivity contribution is -0.386. The highest BCUT2D eigenvalue weighted by atomic mass is 35.5. The summed E-state index contributed by atoms with van der Waals surface area (Å²) in [6.45, 7) is 2.87. The smallest absolute Gasteiger partial charge is 0.312 e. The molecular formula is C20H19ClN4O5. The first-order chi connectivity index (χ1) is 14.3. The van der Waals surface area contributed by atoms with Crippen LogP contribution in [-0.2, 0) is 11.3 Å². The molecule has 10 heteroatoms. The molecule has 0 aliphatic carbocycles. The summed E-state index contributed by atoms with van der Waals surface area (Å²) < 4.78 is 12.3. The second-order valence-corrected chi connectivity index (χ2v) is 6.84. The van der Waals surface area contributed by atoms with Gasteiger partial charge in [0.2, 0.25) is 5.91 Å². The molecule has 0 unspecified atom stereocenters. The molecule has 3 rings (SSSR count). The first-order valence-electron chi connectivity index (χ1n) is 8.88. The van der Waals surface area contributed by atoms with Crippen molar-refractivity contribution >= 4 is 28.9 Å². The Morgan fingerprint density at radius 2 is 1.87 bits per heavy atom. The summed E-state index contributed by atoms with van der Waals surface area (Å²) in [6, 6.07) is 11.8. The first-order valence-corrected chi connectivity index (χ1v) is 9.26. The van der Waals surface area contributed by atoms with Crippen LogP contribution in [0.2, 0.25) is 5.02 Å². The van der Waals surface area contributed by atoms with Gasteiger partial charge in [-0.25, -0.2) is 0 Å². The van der Waals surface area contributed by atoms with Crippen molar-refractivity contribution in [1.82, 2.24) is 9.78 Å². The number of nitro groups is 1. The van der Waals surface area contributed by atoms with E-state index in [1.54, 1.807) is 56.5 Å². The summed E-state index contributed by atoms with van der Waals surface area (Å²) >= 11 is 6.07. The summed E-state index contributed by atoms with van der Waals surface area (Å²) in [7, 11) is 1.57. The number of halogens is 1. The van der Waals surface area contributed by atoms with Gasteiger partial charge in [-0.15, -0.1) is 0 Å². The molecule has 1 heterocycles. The second kappa shape index (κ2) is 8.83. The molecule has 0 aliphatic heterocycles. The molecule has 30 heavy (non-hydrogen) atoms. The summed E-state index contributed by atoms with van der Waals surface area (Å²) in [5.41, 5.74) is 0.804. The molecule has 0 radical (unpaired) electrons. The molecule has 1 amide bonds. The number of methoxy groups -OCH3 is 1. The average molecular weight is 431 g/mol. The van der Waals surface area contributed by atoms with Gasteiger partial charge in [0.05, 0.1) is 17.7 Å². The Bertz CT molecular complexity index is 1100. The Morgan fingerprint density at radius 3 is 2.47 bits per heavy atom. The van der Waals surface area contributed by atoms with E-state index in [1.165, 1.54) is 11.6 Å². The maximum Gasteiger partial charge on any atom is 0.312 e. The van der Waals surface area contributed by atoms with Crippen LogP contribution in [0.3, 0.4) is 0 Å². The highest BCUT2D eigenvalue weighted by Crippen LogP contribution is 2.33. The van der Waals surface area contributed by atoms with E-state index in [2.05, 4.69) is 10.4 Å². The minimum Gasteiger partial charge on any atom is -0.497 e. The van der Waals surface area contributed by atoms with Gasteiger partial charge in [0.15, 0.2) is 5.75 Å². The number of hydrogen-bond donors (Lipinski definition) is 1. The van der Waals surface area contributed by atoms with Crippen molar-refractivity contribution in [3.63, 3.8) is 0 Å². The standard InChI is InChI=1S/C20H19ClN4O5/c1-12-20(25(27)28)13(2)24(23-12)11-19(26)22-17-10-14(21)4-9-18(17)30-16-7-5-15(29-3)6-8-16/h4-10H,11H2,1-3H3,(H,22,26). The SMILES string of the molecule is COc1ccc(Oc2ccc(Cl)cc2NC(=O)Cn2nc(C)c([N+](=O)[O-])c2C)cc1. The Balaban J connectivity index is 1.79. The van der Waals surface area contributed by atoms with Crippen molar-refractivity contribution in [2.24, 2.45) is 0 Å². The largest absolute Gasteiger partial charge is 0.497 e. The molecule has 0 aliphatic rings. The molecule has 0 saturated carbocycles. The van der Waals surface area contributed by atoms with Crippen LogP contribution in [0, 0.1) is 24.0 Å². The highest BCUT2D eigenvalue weighted by molar-refractivity contribution is 6.31. The van der Waals surface area contributed by atoms with Gasteiger partial charge in [-0.05, 0) is 56.3 Å². The number of amides is 1. The lowest BCUT2D eigenvalue weighted by Crippen LogP contribution is -2.20. The topological polar surface area (TPSA) is 109 Å². The number of hydrogen-bond acceptors (Lipinski definition) is 6. The molecule has 0 fully saturated rings. The van der Waals surface area contributed by atoms with Crippen LogP contribution in [0.5, 0.6) is 17.2 Å². The van der Waals surface area contributed by atoms with E-state index >= 15 is 0 Å². The molecule has 2 aromatic carbocycles. The highest BCUT2D eigenvalue weighted by Gasteiger charge is 2.23. The van der Waals surface area contributed by atoms with Crippen LogP contribution in [0.25, 0.3) is 0 Å². The number of carbonyl (C=O) groups is 1. The molecule has 3 aromatic rings. The van der Waals surface area contributed by atoms with Gasteiger partial charge < -0.3 is 14.8 Å². The zero-order valence-corrected chi connectivity index (χ0v) is 17.3. The van der Waals surface area contributed by atoms with E-state index in [-0.39, 0.29) is 17.9 Å². The molecule has 0 bridgehead atoms. The zero-order valence-electron chi connectivity index (χ0n) is 16.5. The maximum atomic E-state index is 12.6. The molecule has 0 spiro atoms. The molecule has 0 atom stereocenters. The van der Waals surface area contributed by atoms with Crippen molar-refractivity contribution < 1.29 is 19.2 Å². The number of nitrogens with zero attached hydrogens (tertiary/aromatic N) is 3. The Labute approximate surface area is 177 Å². The van der Waals surface area contributed by atoms with Crippen LogP contribution in [0.15, 0.2) is 42.5 Å². The van der Waals surface area contributed by atoms with Crippen LogP contribution >= 0.6 is 11.6 Å². The fourth-order valence-electron chi connectivity index (χ4n) is 2.89. The average Bonchev–Trinajstić information content (AvgIpc) is 2.97. The number of aromatic nitrogens is 2. The molecule has 1 N–H and O–H groups in total. The quantitative estimate of drug-likeness (QED) is 0.436. The van der Waals surface area contributed by atoms with Crippen LogP contribution in [0.4, 0.5) is 11.4 Å². The monoisotopic (exact) mass is 430 g/mol. The predicted octanol–water partition coefficient (Wildman–Crippen LogP) is 4.50. The zero-order chi connectivity index (χ0) is 21.8. The maximum absolute atomic E-state index is 12.6. The summed E-state index contributed by atoms with van der Waals surface area (Å²) in [4.78, 5) is 23.2. The molecular weight excluding hydrogens is 412 g/mol. The van der Waals surface area contributed by atoms with E-state index in [9.17, 15) is 14.9 Å². The van der Waals surface area contributed by atoms with E-state index in [1.807, 2.05) is 0 Å². The number of anilines is 1. The van der Waals surface area contributed by atoms with E-state index in [0.29, 0.717) is 33.7 Å². The van der Waals surface area contributed by atoms with Crippen LogP contribution in [-0.4, -0.2) is 27.7 Å². The number of carbonyl (C=O) groups excluding carboxylic acids is 1. The van der Waals surface area contributed by atoms with Crippen molar-refractivity contribution in [2.45, 2.75) is 20.4 Å². The third kappa shape index (κ3) is 4.69. The second-order valence-electron chi connectivity index (χ2n) is 6.40. The summed E-state index contributed by atoms with van der Waals surface area (Å²) in [5.74, 6) is 1.18. The lowest BCUT2D eigenvalue weighted by atomic mass is 10.2. The van der Waals surface area contributed by atoms with Gasteiger partial charge >= 0.3 is 5.69 Å². The van der Waals surface area contributed by atoms with Gasteiger partial charge in [-0.1, -0.05) is 11.6 Å². The van der Waals surface area contributed by atoms with Crippen molar-refractivity contribution in [2.75, 3.05) is 12.4 Å². The fraction of sp³-hybridized carbons (Fsp3) is 0.200. The molecule has 9 nitrogen and oxygen atoms in total. The van der Waals surface area contributed by atoms with Crippen molar-refractivity contribution in [3.8, 4) is 17.2 Å². The van der Waals surface area contributed by atoms with Gasteiger partial charge in [0.25, 0.3) is 0 Å². The fourth-order valence-corrected chi connectivity index (χ4v) is 3.06. The lowest BCUT2D eigenvalue weighted by Gasteiger charge is -2.13. The predicted molar refractivity (Wildman–Crippen MR) is 112 cm³/mol. The minimum atomic E-state index is -0.510. The summed E-state index contributed by atoms with van der Waals surface area (Å²) in [5, 5.41) is 18.4. The Kier molecular flexibility index (Phi) is 6.22. The van der Waals surface area contributed by atoms with Gasteiger partial charge in [-0.3, -0.25) is 19.6 Å². The van der Waals surface area contributed by atoms with E-state index < -0.39 is 10.8 Å². The minimum absolute atomic E-state index is 0.103. The number of benzene rings is 2. The Morgan fingerprint density at radius 1 is 1.20 bits per heavy atom. The third-order valence-electron chi connectivity index (χ3n) is 4.32. The van der Waals surface area contributed by atoms with Crippen molar-refractivity contribution in [1.29, 1.82) is 0 Å². The Hall–Kier alpha value is -3.59.